The van der Waals surface area contributed by atoms with Gasteiger partial charge in [-0.05, 0) is 43.5 Å². The largest absolute Gasteiger partial charge is 0.462 e. The van der Waals surface area contributed by atoms with Crippen LogP contribution in [0.2, 0.25) is 0 Å². The summed E-state index contributed by atoms with van der Waals surface area (Å²) in [7, 11) is 3.95. The van der Waals surface area contributed by atoms with Crippen molar-refractivity contribution in [3.63, 3.8) is 0 Å². The van der Waals surface area contributed by atoms with Crippen LogP contribution < -0.4 is 4.90 Å². The second kappa shape index (κ2) is 8.21. The molecule has 0 spiro atoms. The van der Waals surface area contributed by atoms with Gasteiger partial charge in [0.15, 0.2) is 0 Å². The Bertz CT molecular complexity index is 743. The molecule has 1 aliphatic heterocycles. The van der Waals surface area contributed by atoms with E-state index in [0.29, 0.717) is 29.3 Å². The third-order valence-electron chi connectivity index (χ3n) is 4.26. The molecule has 0 saturated carbocycles. The third kappa shape index (κ3) is 4.15. The van der Waals surface area contributed by atoms with Crippen LogP contribution >= 0.6 is 0 Å². The van der Waals surface area contributed by atoms with E-state index in [2.05, 4.69) is 0 Å². The fourth-order valence-corrected chi connectivity index (χ4v) is 2.95. The van der Waals surface area contributed by atoms with Crippen molar-refractivity contribution in [2.45, 2.75) is 27.7 Å². The molecule has 0 radical (unpaired) electrons. The number of carbonyl (C=O) groups excluding carboxylic acids is 2. The first kappa shape index (κ1) is 19.8. The highest BCUT2D eigenvalue weighted by atomic mass is 16.5. The average Bonchev–Trinajstić information content (AvgIpc) is 2.79. The summed E-state index contributed by atoms with van der Waals surface area (Å²) in [5.41, 5.74) is 3.38. The fraction of sp³-hybridized carbons (Fsp3) is 0.429. The summed E-state index contributed by atoms with van der Waals surface area (Å²) in [6.07, 6.45) is 1.78. The summed E-state index contributed by atoms with van der Waals surface area (Å²) in [4.78, 5) is 29.1. The minimum absolute atomic E-state index is 0.143. The van der Waals surface area contributed by atoms with Crippen molar-refractivity contribution in [2.75, 3.05) is 32.1 Å². The number of ether oxygens (including phenoxy) is 1. The van der Waals surface area contributed by atoms with Gasteiger partial charge < -0.3 is 14.5 Å². The summed E-state index contributed by atoms with van der Waals surface area (Å²) in [5, 5.41) is 0. The zero-order chi connectivity index (χ0) is 19.4. The molecule has 0 N–H and O–H groups in total. The number of hydrogen-bond donors (Lipinski definition) is 0. The topological polar surface area (TPSA) is 49.9 Å². The molecule has 1 aliphatic rings. The maximum atomic E-state index is 13.0. The summed E-state index contributed by atoms with van der Waals surface area (Å²) < 4.78 is 5.19. The Morgan fingerprint density at radius 2 is 1.85 bits per heavy atom. The lowest BCUT2D eigenvalue weighted by atomic mass is 10.0. The summed E-state index contributed by atoms with van der Waals surface area (Å²) >= 11 is 0. The van der Waals surface area contributed by atoms with Crippen LogP contribution in [0.15, 0.2) is 41.1 Å². The van der Waals surface area contributed by atoms with Gasteiger partial charge in [-0.2, -0.15) is 0 Å². The van der Waals surface area contributed by atoms with E-state index in [1.165, 1.54) is 0 Å². The van der Waals surface area contributed by atoms with Crippen LogP contribution in [-0.4, -0.2) is 44.0 Å². The number of esters is 1. The van der Waals surface area contributed by atoms with Crippen LogP contribution in [0.25, 0.3) is 6.08 Å². The molecule has 1 aromatic carbocycles. The molecule has 1 aromatic rings. The van der Waals surface area contributed by atoms with Gasteiger partial charge in [-0.15, -0.1) is 0 Å². The SMILES string of the molecule is CCOC(=O)C1=C(C)N(CC(C)C)C(=O)/C1=C\c1ccc(N(C)C)cc1. The lowest BCUT2D eigenvalue weighted by Crippen LogP contribution is -2.28. The van der Waals surface area contributed by atoms with E-state index in [-0.39, 0.29) is 12.5 Å². The molecule has 1 amide bonds. The highest BCUT2D eigenvalue weighted by molar-refractivity contribution is 6.16. The first-order chi connectivity index (χ1) is 12.3. The number of hydrogen-bond acceptors (Lipinski definition) is 4. The Kier molecular flexibility index (Phi) is 6.24. The Balaban J connectivity index is 2.45. The number of carbonyl (C=O) groups is 2. The normalized spacial score (nSPS) is 16.0. The van der Waals surface area contributed by atoms with E-state index in [9.17, 15) is 9.59 Å². The van der Waals surface area contributed by atoms with Gasteiger partial charge >= 0.3 is 5.97 Å². The quantitative estimate of drug-likeness (QED) is 0.578. The lowest BCUT2D eigenvalue weighted by Gasteiger charge is -2.20. The number of benzene rings is 1. The van der Waals surface area contributed by atoms with Crippen LogP contribution in [0.3, 0.4) is 0 Å². The molecule has 5 nitrogen and oxygen atoms in total. The molecule has 140 valence electrons. The molecule has 26 heavy (non-hydrogen) atoms. The second-order valence-corrected chi connectivity index (χ2v) is 7.03. The van der Waals surface area contributed by atoms with Crippen molar-refractivity contribution >= 4 is 23.6 Å². The molecule has 1 heterocycles. The predicted molar refractivity (Wildman–Crippen MR) is 105 cm³/mol. The standard InChI is InChI=1S/C21H28N2O3/c1-7-26-21(25)19-15(4)23(13-14(2)3)20(24)18(19)12-16-8-10-17(11-9-16)22(5)6/h8-12,14H,7,13H2,1-6H3/b18-12-. The van der Waals surface area contributed by atoms with E-state index < -0.39 is 5.97 Å². The van der Waals surface area contributed by atoms with Crippen LogP contribution in [0, 0.1) is 5.92 Å². The van der Waals surface area contributed by atoms with E-state index >= 15 is 0 Å². The molecular formula is C21H28N2O3. The van der Waals surface area contributed by atoms with Crippen molar-refractivity contribution in [1.29, 1.82) is 0 Å². The molecule has 0 bridgehead atoms. The van der Waals surface area contributed by atoms with Gasteiger partial charge in [0.05, 0.1) is 17.8 Å². The molecular weight excluding hydrogens is 328 g/mol. The van der Waals surface area contributed by atoms with Gasteiger partial charge in [0.2, 0.25) is 0 Å². The van der Waals surface area contributed by atoms with Gasteiger partial charge in [0.25, 0.3) is 5.91 Å². The smallest absolute Gasteiger partial charge is 0.340 e. The molecule has 5 heteroatoms. The Morgan fingerprint density at radius 3 is 2.35 bits per heavy atom. The molecule has 2 rings (SSSR count). The number of allylic oxidation sites excluding steroid dienone is 1. The highest BCUT2D eigenvalue weighted by Gasteiger charge is 2.37. The van der Waals surface area contributed by atoms with Gasteiger partial charge in [-0.1, -0.05) is 26.0 Å². The predicted octanol–water partition coefficient (Wildman–Crippen LogP) is 3.47. The van der Waals surface area contributed by atoms with Crippen LogP contribution in [0.4, 0.5) is 5.69 Å². The Morgan fingerprint density at radius 1 is 1.23 bits per heavy atom. The zero-order valence-electron chi connectivity index (χ0n) is 16.5. The Labute approximate surface area is 155 Å². The third-order valence-corrected chi connectivity index (χ3v) is 4.26. The highest BCUT2D eigenvalue weighted by Crippen LogP contribution is 2.32. The first-order valence-electron chi connectivity index (χ1n) is 8.95. The number of rotatable bonds is 6. The van der Waals surface area contributed by atoms with Crippen LogP contribution in [0.5, 0.6) is 0 Å². The minimum Gasteiger partial charge on any atom is -0.462 e. The number of amides is 1. The molecule has 0 saturated heterocycles. The summed E-state index contributed by atoms with van der Waals surface area (Å²) in [5.74, 6) is -0.284. The van der Waals surface area contributed by atoms with Crippen molar-refractivity contribution in [3.8, 4) is 0 Å². The average molecular weight is 356 g/mol. The zero-order valence-corrected chi connectivity index (χ0v) is 16.5. The number of anilines is 1. The molecule has 0 unspecified atom stereocenters. The fourth-order valence-electron chi connectivity index (χ4n) is 2.95. The lowest BCUT2D eigenvalue weighted by molar-refractivity contribution is -0.138. The molecule has 0 atom stereocenters. The first-order valence-corrected chi connectivity index (χ1v) is 8.95. The summed E-state index contributed by atoms with van der Waals surface area (Å²) in [6, 6.07) is 7.86. The van der Waals surface area contributed by atoms with E-state index in [1.54, 1.807) is 17.9 Å². The van der Waals surface area contributed by atoms with E-state index in [4.69, 9.17) is 4.74 Å². The van der Waals surface area contributed by atoms with Crippen molar-refractivity contribution < 1.29 is 14.3 Å². The van der Waals surface area contributed by atoms with Gasteiger partial charge in [0, 0.05) is 32.0 Å². The van der Waals surface area contributed by atoms with Gasteiger partial charge in [-0.25, -0.2) is 4.79 Å². The maximum absolute atomic E-state index is 13.0. The van der Waals surface area contributed by atoms with Gasteiger partial charge in [-0.3, -0.25) is 4.79 Å². The number of nitrogens with zero attached hydrogens (tertiary/aromatic N) is 2. The molecule has 0 fully saturated rings. The van der Waals surface area contributed by atoms with Crippen molar-refractivity contribution in [2.24, 2.45) is 5.92 Å². The van der Waals surface area contributed by atoms with Crippen LogP contribution in [-0.2, 0) is 14.3 Å². The van der Waals surface area contributed by atoms with E-state index in [0.717, 1.165) is 11.3 Å². The summed E-state index contributed by atoms with van der Waals surface area (Å²) in [6.45, 7) is 8.52. The van der Waals surface area contributed by atoms with Crippen molar-refractivity contribution in [3.05, 3.63) is 46.7 Å². The second-order valence-electron chi connectivity index (χ2n) is 7.03. The van der Waals surface area contributed by atoms with Crippen molar-refractivity contribution in [1.82, 2.24) is 4.90 Å². The Hall–Kier alpha value is -2.56. The minimum atomic E-state index is -0.444. The van der Waals surface area contributed by atoms with E-state index in [1.807, 2.05) is 64.0 Å². The van der Waals surface area contributed by atoms with Gasteiger partial charge in [0.1, 0.15) is 0 Å². The maximum Gasteiger partial charge on any atom is 0.340 e. The molecule has 0 aliphatic carbocycles. The monoisotopic (exact) mass is 356 g/mol. The molecule has 0 aromatic heterocycles. The van der Waals surface area contributed by atoms with Crippen LogP contribution in [0.1, 0.15) is 33.3 Å².